The van der Waals surface area contributed by atoms with Crippen LogP contribution in [-0.2, 0) is 11.2 Å². The van der Waals surface area contributed by atoms with Gasteiger partial charge in [0.05, 0.1) is 5.69 Å². The van der Waals surface area contributed by atoms with Crippen LogP contribution in [0.4, 0.5) is 15.8 Å². The summed E-state index contributed by atoms with van der Waals surface area (Å²) in [5, 5.41) is 6.09. The lowest BCUT2D eigenvalue weighted by molar-refractivity contribution is -0.116. The minimum atomic E-state index is -0.215. The maximum absolute atomic E-state index is 14.1. The average molecular weight is 276 g/mol. The molecule has 1 aromatic carbocycles. The molecule has 0 aromatic heterocycles. The first kappa shape index (κ1) is 13.4. The number of hydrogen-bond donors (Lipinski definition) is 2. The quantitative estimate of drug-likeness (QED) is 0.886. The van der Waals surface area contributed by atoms with Gasteiger partial charge in [0.15, 0.2) is 0 Å². The van der Waals surface area contributed by atoms with Gasteiger partial charge < -0.3 is 10.6 Å². The van der Waals surface area contributed by atoms with Gasteiger partial charge in [0.2, 0.25) is 5.91 Å². The number of hydrogen-bond acceptors (Lipinski definition) is 2. The van der Waals surface area contributed by atoms with Crippen LogP contribution in [-0.4, -0.2) is 11.9 Å². The molecule has 1 aliphatic carbocycles. The first-order valence-corrected chi connectivity index (χ1v) is 7.41. The number of fused-ring (bicyclic) bond motifs is 1. The van der Waals surface area contributed by atoms with Crippen LogP contribution in [0.5, 0.6) is 0 Å². The van der Waals surface area contributed by atoms with Crippen molar-refractivity contribution in [1.29, 1.82) is 0 Å². The first-order chi connectivity index (χ1) is 9.52. The zero-order valence-corrected chi connectivity index (χ0v) is 12.0. The third kappa shape index (κ3) is 2.51. The van der Waals surface area contributed by atoms with E-state index in [4.69, 9.17) is 0 Å². The number of anilines is 2. The summed E-state index contributed by atoms with van der Waals surface area (Å²) in [4.78, 5) is 11.4. The van der Waals surface area contributed by atoms with Gasteiger partial charge in [-0.1, -0.05) is 13.8 Å². The van der Waals surface area contributed by atoms with E-state index in [0.717, 1.165) is 30.0 Å². The van der Waals surface area contributed by atoms with Crippen molar-refractivity contribution in [3.8, 4) is 0 Å². The topological polar surface area (TPSA) is 41.1 Å². The molecule has 1 saturated carbocycles. The van der Waals surface area contributed by atoms with Crippen LogP contribution >= 0.6 is 0 Å². The average Bonchev–Trinajstić information content (AvgIpc) is 2.33. The Kier molecular flexibility index (Phi) is 3.40. The fourth-order valence-electron chi connectivity index (χ4n) is 3.05. The van der Waals surface area contributed by atoms with E-state index < -0.39 is 0 Å². The van der Waals surface area contributed by atoms with Gasteiger partial charge in [0, 0.05) is 18.2 Å². The molecular formula is C16H21FN2O. The van der Waals surface area contributed by atoms with Crippen molar-refractivity contribution in [1.82, 2.24) is 0 Å². The Morgan fingerprint density at radius 3 is 2.75 bits per heavy atom. The predicted molar refractivity (Wildman–Crippen MR) is 78.3 cm³/mol. The SMILES string of the molecule is CC(C)C1CC(Nc2cc3c(cc2F)CCC(=O)N3)C1. The molecule has 0 spiro atoms. The van der Waals surface area contributed by atoms with Crippen molar-refractivity contribution in [2.45, 2.75) is 45.6 Å². The lowest BCUT2D eigenvalue weighted by atomic mass is 9.73. The molecule has 1 aromatic rings. The highest BCUT2D eigenvalue weighted by Crippen LogP contribution is 2.37. The van der Waals surface area contributed by atoms with Gasteiger partial charge >= 0.3 is 0 Å². The molecule has 1 fully saturated rings. The van der Waals surface area contributed by atoms with Gasteiger partial charge in [0.25, 0.3) is 0 Å². The molecule has 108 valence electrons. The maximum Gasteiger partial charge on any atom is 0.224 e. The molecule has 1 amide bonds. The Bertz CT molecular complexity index is 536. The summed E-state index contributed by atoms with van der Waals surface area (Å²) >= 11 is 0. The third-order valence-electron chi connectivity index (χ3n) is 4.57. The highest BCUT2D eigenvalue weighted by molar-refractivity contribution is 5.94. The number of rotatable bonds is 3. The summed E-state index contributed by atoms with van der Waals surface area (Å²) in [7, 11) is 0. The first-order valence-electron chi connectivity index (χ1n) is 7.41. The Balaban J connectivity index is 1.71. The van der Waals surface area contributed by atoms with Gasteiger partial charge in [-0.25, -0.2) is 4.39 Å². The van der Waals surface area contributed by atoms with Crippen molar-refractivity contribution in [3.63, 3.8) is 0 Å². The third-order valence-corrected chi connectivity index (χ3v) is 4.57. The van der Waals surface area contributed by atoms with E-state index in [0.29, 0.717) is 30.5 Å². The number of halogens is 1. The molecule has 0 bridgehead atoms. The van der Waals surface area contributed by atoms with Crippen molar-refractivity contribution in [2.24, 2.45) is 11.8 Å². The molecule has 0 radical (unpaired) electrons. The van der Waals surface area contributed by atoms with Crippen LogP contribution < -0.4 is 10.6 Å². The van der Waals surface area contributed by atoms with E-state index in [1.54, 1.807) is 12.1 Å². The summed E-state index contributed by atoms with van der Waals surface area (Å²) in [6, 6.07) is 3.65. The number of nitrogens with one attached hydrogen (secondary N) is 2. The van der Waals surface area contributed by atoms with Gasteiger partial charge in [0.1, 0.15) is 5.82 Å². The van der Waals surface area contributed by atoms with E-state index in [2.05, 4.69) is 24.5 Å². The smallest absolute Gasteiger partial charge is 0.224 e. The Labute approximate surface area is 118 Å². The second kappa shape index (κ2) is 5.08. The molecule has 4 heteroatoms. The van der Waals surface area contributed by atoms with E-state index in [1.165, 1.54) is 0 Å². The van der Waals surface area contributed by atoms with Gasteiger partial charge in [-0.3, -0.25) is 4.79 Å². The summed E-state index contributed by atoms with van der Waals surface area (Å²) in [5.41, 5.74) is 2.16. The van der Waals surface area contributed by atoms with Gasteiger partial charge in [-0.15, -0.1) is 0 Å². The lowest BCUT2D eigenvalue weighted by Crippen LogP contribution is -2.38. The minimum absolute atomic E-state index is 0.0126. The zero-order valence-electron chi connectivity index (χ0n) is 12.0. The number of carbonyl (C=O) groups is 1. The Morgan fingerprint density at radius 2 is 2.05 bits per heavy atom. The zero-order chi connectivity index (χ0) is 14.3. The molecule has 3 nitrogen and oxygen atoms in total. The molecular weight excluding hydrogens is 255 g/mol. The van der Waals surface area contributed by atoms with E-state index in [9.17, 15) is 9.18 Å². The normalized spacial score (nSPS) is 24.9. The van der Waals surface area contributed by atoms with Crippen molar-refractivity contribution in [3.05, 3.63) is 23.5 Å². The predicted octanol–water partition coefficient (Wildman–Crippen LogP) is 3.56. The van der Waals surface area contributed by atoms with Crippen LogP contribution in [0.1, 0.15) is 38.7 Å². The highest BCUT2D eigenvalue weighted by Gasteiger charge is 2.31. The molecule has 2 N–H and O–H groups in total. The molecule has 3 rings (SSSR count). The second-order valence-electron chi connectivity index (χ2n) is 6.35. The summed E-state index contributed by atoms with van der Waals surface area (Å²) in [6.45, 7) is 4.46. The van der Waals surface area contributed by atoms with Crippen LogP contribution in [0, 0.1) is 17.7 Å². The maximum atomic E-state index is 14.1. The van der Waals surface area contributed by atoms with Crippen LogP contribution in [0.3, 0.4) is 0 Å². The van der Waals surface area contributed by atoms with Crippen molar-refractivity contribution in [2.75, 3.05) is 10.6 Å². The number of aryl methyl sites for hydroxylation is 1. The van der Waals surface area contributed by atoms with E-state index >= 15 is 0 Å². The number of benzene rings is 1. The molecule has 20 heavy (non-hydrogen) atoms. The molecule has 1 heterocycles. The standard InChI is InChI=1S/C16H21FN2O/c1-9(2)11-5-12(6-11)18-15-8-14-10(7-13(15)17)3-4-16(20)19-14/h7-9,11-12,18H,3-6H2,1-2H3,(H,19,20). The van der Waals surface area contributed by atoms with Crippen LogP contribution in [0.25, 0.3) is 0 Å². The highest BCUT2D eigenvalue weighted by atomic mass is 19.1. The molecule has 0 unspecified atom stereocenters. The minimum Gasteiger partial charge on any atom is -0.380 e. The van der Waals surface area contributed by atoms with Crippen molar-refractivity contribution < 1.29 is 9.18 Å². The largest absolute Gasteiger partial charge is 0.380 e. The van der Waals surface area contributed by atoms with E-state index in [-0.39, 0.29) is 11.7 Å². The summed E-state index contributed by atoms with van der Waals surface area (Å²) < 4.78 is 14.1. The van der Waals surface area contributed by atoms with Crippen LogP contribution in [0.2, 0.25) is 0 Å². The van der Waals surface area contributed by atoms with E-state index in [1.807, 2.05) is 0 Å². The Hall–Kier alpha value is -1.58. The fraction of sp³-hybridized carbons (Fsp3) is 0.562. The van der Waals surface area contributed by atoms with Crippen molar-refractivity contribution >= 4 is 17.3 Å². The summed E-state index contributed by atoms with van der Waals surface area (Å²) in [5.74, 6) is 1.24. The lowest BCUT2D eigenvalue weighted by Gasteiger charge is -2.39. The van der Waals surface area contributed by atoms with Gasteiger partial charge in [-0.05, 0) is 48.8 Å². The number of amides is 1. The molecule has 2 aliphatic rings. The van der Waals surface area contributed by atoms with Crippen LogP contribution in [0.15, 0.2) is 12.1 Å². The Morgan fingerprint density at radius 1 is 1.30 bits per heavy atom. The summed E-state index contributed by atoms with van der Waals surface area (Å²) in [6.07, 6.45) is 3.26. The second-order valence-corrected chi connectivity index (χ2v) is 6.35. The number of carbonyl (C=O) groups excluding carboxylic acids is 1. The molecule has 0 atom stereocenters. The van der Waals surface area contributed by atoms with Gasteiger partial charge in [-0.2, -0.15) is 0 Å². The fourth-order valence-corrected chi connectivity index (χ4v) is 3.05. The molecule has 1 aliphatic heterocycles. The monoisotopic (exact) mass is 276 g/mol. The molecule has 0 saturated heterocycles.